The van der Waals surface area contributed by atoms with Crippen LogP contribution in [0, 0.1) is 71.0 Å². The SMILES string of the molecule is CCCC#CC#CCCCCOc1cccc(C2c3cccc(OCCCCC#CC#CCCC)c3Cc3c(OCCCCC#CC#CCCC)cccc32)c1. The first-order valence-corrected chi connectivity index (χ1v) is 20.9. The second-order valence-corrected chi connectivity index (χ2v) is 13.8. The number of rotatable bonds is 19. The normalized spacial score (nSPS) is 10.7. The first kappa shape index (κ1) is 43.2. The van der Waals surface area contributed by atoms with Gasteiger partial charge >= 0.3 is 0 Å². The van der Waals surface area contributed by atoms with Crippen LogP contribution in [0.2, 0.25) is 0 Å². The Morgan fingerprint density at radius 3 is 1.32 bits per heavy atom. The highest BCUT2D eigenvalue weighted by molar-refractivity contribution is 5.61. The molecule has 0 N–H and O–H groups in total. The molecule has 0 atom stereocenters. The Balaban J connectivity index is 1.48. The molecule has 0 radical (unpaired) electrons. The third-order valence-electron chi connectivity index (χ3n) is 9.22. The lowest BCUT2D eigenvalue weighted by Crippen LogP contribution is -2.18. The Morgan fingerprint density at radius 1 is 0.464 bits per heavy atom. The number of unbranched alkanes of at least 4 members (excludes halogenated alkanes) is 9. The van der Waals surface area contributed by atoms with Crippen LogP contribution in [0.4, 0.5) is 0 Å². The fraction of sp³-hybridized carbons (Fsp3) is 0.434. The fourth-order valence-electron chi connectivity index (χ4n) is 6.36. The quantitative estimate of drug-likeness (QED) is 0.0707. The van der Waals surface area contributed by atoms with E-state index in [1.54, 1.807) is 0 Å². The summed E-state index contributed by atoms with van der Waals surface area (Å²) in [5.74, 6) is 39.3. The Hall–Kier alpha value is -5.58. The van der Waals surface area contributed by atoms with Gasteiger partial charge in [-0.2, -0.15) is 0 Å². The molecule has 1 aliphatic carbocycles. The smallest absolute Gasteiger partial charge is 0.123 e. The van der Waals surface area contributed by atoms with Gasteiger partial charge in [0.1, 0.15) is 17.2 Å². The van der Waals surface area contributed by atoms with Crippen LogP contribution < -0.4 is 14.2 Å². The minimum absolute atomic E-state index is 0.0154. The van der Waals surface area contributed by atoms with Gasteiger partial charge in [0.25, 0.3) is 0 Å². The molecule has 0 amide bonds. The van der Waals surface area contributed by atoms with Crippen LogP contribution in [0.1, 0.15) is 151 Å². The van der Waals surface area contributed by atoms with E-state index in [4.69, 9.17) is 14.2 Å². The molecule has 0 aliphatic heterocycles. The van der Waals surface area contributed by atoms with Gasteiger partial charge in [-0.05, 0) is 134 Å². The minimum Gasteiger partial charge on any atom is -0.494 e. The van der Waals surface area contributed by atoms with Crippen molar-refractivity contribution in [2.45, 2.75) is 129 Å². The summed E-state index contributed by atoms with van der Waals surface area (Å²) < 4.78 is 19.4. The van der Waals surface area contributed by atoms with E-state index in [1.807, 2.05) is 0 Å². The van der Waals surface area contributed by atoms with Crippen molar-refractivity contribution in [2.24, 2.45) is 0 Å². The van der Waals surface area contributed by atoms with Crippen LogP contribution in [0.3, 0.4) is 0 Å². The molecule has 0 saturated carbocycles. The van der Waals surface area contributed by atoms with Gasteiger partial charge in [0.15, 0.2) is 0 Å². The average molecular weight is 743 g/mol. The molecule has 0 bridgehead atoms. The van der Waals surface area contributed by atoms with Gasteiger partial charge in [-0.25, -0.2) is 0 Å². The summed E-state index contributed by atoms with van der Waals surface area (Å²) in [6, 6.07) is 21.6. The van der Waals surface area contributed by atoms with Gasteiger partial charge < -0.3 is 14.2 Å². The number of fused-ring (bicyclic) bond motifs is 2. The summed E-state index contributed by atoms with van der Waals surface area (Å²) in [6.07, 6.45) is 14.9. The molecule has 288 valence electrons. The van der Waals surface area contributed by atoms with E-state index in [0.717, 1.165) is 120 Å². The summed E-state index contributed by atoms with van der Waals surface area (Å²) in [5.41, 5.74) is 6.16. The molecule has 1 aliphatic rings. The van der Waals surface area contributed by atoms with Crippen molar-refractivity contribution in [3.8, 4) is 88.3 Å². The summed E-state index contributed by atoms with van der Waals surface area (Å²) in [4.78, 5) is 0. The number of benzene rings is 3. The van der Waals surface area contributed by atoms with Crippen molar-refractivity contribution in [3.63, 3.8) is 0 Å². The zero-order chi connectivity index (χ0) is 39.3. The first-order valence-electron chi connectivity index (χ1n) is 20.9. The predicted molar refractivity (Wildman–Crippen MR) is 232 cm³/mol. The Kier molecular flexibility index (Phi) is 20.9. The van der Waals surface area contributed by atoms with Crippen molar-refractivity contribution in [1.82, 2.24) is 0 Å². The van der Waals surface area contributed by atoms with E-state index >= 15 is 0 Å². The van der Waals surface area contributed by atoms with Gasteiger partial charge in [-0.15, -0.1) is 0 Å². The monoisotopic (exact) mass is 742 g/mol. The predicted octanol–water partition coefficient (Wildman–Crippen LogP) is 11.8. The van der Waals surface area contributed by atoms with Gasteiger partial charge in [-0.3, -0.25) is 0 Å². The largest absolute Gasteiger partial charge is 0.494 e. The van der Waals surface area contributed by atoms with Gasteiger partial charge in [0, 0.05) is 62.0 Å². The molecule has 0 aromatic heterocycles. The number of ether oxygens (including phenoxy) is 3. The number of hydrogen-bond acceptors (Lipinski definition) is 3. The Morgan fingerprint density at radius 2 is 0.875 bits per heavy atom. The summed E-state index contributed by atoms with van der Waals surface area (Å²) in [7, 11) is 0. The molecular formula is C53H58O3. The van der Waals surface area contributed by atoms with Gasteiger partial charge in [0.05, 0.1) is 19.8 Å². The lowest BCUT2D eigenvalue weighted by atomic mass is 9.74. The lowest BCUT2D eigenvalue weighted by molar-refractivity contribution is 0.300. The van der Waals surface area contributed by atoms with E-state index in [-0.39, 0.29) is 5.92 Å². The highest BCUT2D eigenvalue weighted by Crippen LogP contribution is 2.47. The maximum Gasteiger partial charge on any atom is 0.123 e. The first-order chi connectivity index (χ1) is 27.8. The van der Waals surface area contributed by atoms with Crippen LogP contribution in [0.15, 0.2) is 60.7 Å². The molecular weight excluding hydrogens is 685 g/mol. The van der Waals surface area contributed by atoms with Crippen molar-refractivity contribution >= 4 is 0 Å². The molecule has 0 unspecified atom stereocenters. The minimum atomic E-state index is 0.0154. The van der Waals surface area contributed by atoms with Crippen molar-refractivity contribution < 1.29 is 14.2 Å². The maximum absolute atomic E-state index is 6.53. The second-order valence-electron chi connectivity index (χ2n) is 13.8. The fourth-order valence-corrected chi connectivity index (χ4v) is 6.36. The standard InChI is InChI=1S/C53H58O3/c1-4-7-10-13-16-19-22-25-28-40-54-46-35-31-34-45(43-46)53-47-36-32-38-51(55-41-29-26-23-20-17-14-11-8-5-2)49(47)44-50-48(53)37-33-39-52(50)56-42-30-27-24-21-18-15-12-9-6-3/h31-39,43,53H,4-9,22-30,40-42,44H2,1-3H3. The second kappa shape index (κ2) is 27.1. The van der Waals surface area contributed by atoms with Crippen molar-refractivity contribution in [1.29, 1.82) is 0 Å². The zero-order valence-corrected chi connectivity index (χ0v) is 34.0. The lowest BCUT2D eigenvalue weighted by Gasteiger charge is -2.31. The highest BCUT2D eigenvalue weighted by Gasteiger charge is 2.31. The van der Waals surface area contributed by atoms with Gasteiger partial charge in [-0.1, -0.05) is 92.7 Å². The zero-order valence-electron chi connectivity index (χ0n) is 34.0. The summed E-state index contributed by atoms with van der Waals surface area (Å²) >= 11 is 0. The average Bonchev–Trinajstić information content (AvgIpc) is 3.22. The van der Waals surface area contributed by atoms with E-state index in [2.05, 4.69) is 152 Å². The summed E-state index contributed by atoms with van der Waals surface area (Å²) in [6.45, 7) is 8.32. The van der Waals surface area contributed by atoms with Crippen molar-refractivity contribution in [2.75, 3.05) is 19.8 Å². The molecule has 3 heteroatoms. The van der Waals surface area contributed by atoms with E-state index in [1.165, 1.54) is 27.8 Å². The van der Waals surface area contributed by atoms with E-state index in [0.29, 0.717) is 19.8 Å². The van der Waals surface area contributed by atoms with Crippen molar-refractivity contribution in [3.05, 3.63) is 88.5 Å². The number of hydrogen-bond donors (Lipinski definition) is 0. The maximum atomic E-state index is 6.53. The summed E-state index contributed by atoms with van der Waals surface area (Å²) in [5, 5.41) is 0. The molecule has 3 aromatic carbocycles. The topological polar surface area (TPSA) is 27.7 Å². The molecule has 0 heterocycles. The van der Waals surface area contributed by atoms with Gasteiger partial charge in [0.2, 0.25) is 0 Å². The third kappa shape index (κ3) is 15.3. The molecule has 3 aromatic rings. The van der Waals surface area contributed by atoms with Crippen LogP contribution in [0.5, 0.6) is 17.2 Å². The van der Waals surface area contributed by atoms with E-state index in [9.17, 15) is 0 Å². The third-order valence-corrected chi connectivity index (χ3v) is 9.22. The van der Waals surface area contributed by atoms with Crippen LogP contribution >= 0.6 is 0 Å². The van der Waals surface area contributed by atoms with Crippen LogP contribution in [-0.2, 0) is 6.42 Å². The molecule has 0 fully saturated rings. The van der Waals surface area contributed by atoms with Crippen LogP contribution in [-0.4, -0.2) is 19.8 Å². The molecule has 3 nitrogen and oxygen atoms in total. The molecule has 4 rings (SSSR count). The molecule has 0 spiro atoms. The Bertz CT molecular complexity index is 1950. The van der Waals surface area contributed by atoms with Crippen LogP contribution in [0.25, 0.3) is 0 Å². The molecule has 56 heavy (non-hydrogen) atoms. The van der Waals surface area contributed by atoms with E-state index < -0.39 is 0 Å². The Labute approximate surface area is 339 Å². The highest BCUT2D eigenvalue weighted by atomic mass is 16.5. The molecule has 0 saturated heterocycles.